The van der Waals surface area contributed by atoms with E-state index in [1.807, 2.05) is 13.8 Å². The molecule has 0 aliphatic rings. The van der Waals surface area contributed by atoms with Crippen molar-refractivity contribution in [3.63, 3.8) is 0 Å². The number of nitrogens with zero attached hydrogens (tertiary/aromatic N) is 2. The highest BCUT2D eigenvalue weighted by atomic mass is 16.5. The van der Waals surface area contributed by atoms with Crippen LogP contribution in [-0.2, 0) is 16.0 Å². The highest BCUT2D eigenvalue weighted by molar-refractivity contribution is 5.33. The Labute approximate surface area is 126 Å². The number of aromatic nitrogens is 1. The molecule has 0 aliphatic carbocycles. The third-order valence-electron chi connectivity index (χ3n) is 3.18. The molecule has 2 N–H and O–H groups in total. The van der Waals surface area contributed by atoms with Crippen LogP contribution >= 0.6 is 0 Å². The first-order valence-electron chi connectivity index (χ1n) is 7.51. The molecule has 0 saturated carbocycles. The molecule has 1 rings (SSSR count). The van der Waals surface area contributed by atoms with Gasteiger partial charge in [0.05, 0.1) is 13.2 Å². The minimum Gasteiger partial charge on any atom is -0.398 e. The fraction of sp³-hybridized carbons (Fsp3) is 0.667. The zero-order valence-corrected chi connectivity index (χ0v) is 13.1. The quantitative estimate of drug-likeness (QED) is 0.612. The molecule has 0 atom stereocenters. The Balaban J connectivity index is 2.49. The second-order valence-corrected chi connectivity index (χ2v) is 4.73. The number of pyridine rings is 1. The topological polar surface area (TPSA) is 69.7 Å². The van der Waals surface area contributed by atoms with Crippen LogP contribution in [0.1, 0.15) is 13.8 Å². The van der Waals surface area contributed by atoms with Crippen LogP contribution in [-0.4, -0.2) is 55.5 Å². The van der Waals surface area contributed by atoms with Crippen molar-refractivity contribution in [2.45, 2.75) is 20.4 Å². The van der Waals surface area contributed by atoms with E-state index in [-0.39, 0.29) is 5.56 Å². The largest absolute Gasteiger partial charge is 0.398 e. The molecule has 6 heteroatoms. The van der Waals surface area contributed by atoms with E-state index in [4.69, 9.17) is 15.2 Å². The summed E-state index contributed by atoms with van der Waals surface area (Å²) in [5, 5.41) is 0. The molecule has 0 aliphatic heterocycles. The summed E-state index contributed by atoms with van der Waals surface area (Å²) in [5.74, 6) is 0. The first-order chi connectivity index (χ1) is 10.2. The Hall–Kier alpha value is -1.37. The Kier molecular flexibility index (Phi) is 8.73. The summed E-state index contributed by atoms with van der Waals surface area (Å²) >= 11 is 0. The van der Waals surface area contributed by atoms with Crippen molar-refractivity contribution in [2.75, 3.05) is 51.8 Å². The number of ether oxygens (including phenoxy) is 2. The van der Waals surface area contributed by atoms with Crippen molar-refractivity contribution in [2.24, 2.45) is 0 Å². The van der Waals surface area contributed by atoms with Crippen LogP contribution in [0.2, 0.25) is 0 Å². The first kappa shape index (κ1) is 17.7. The van der Waals surface area contributed by atoms with E-state index in [0.29, 0.717) is 38.7 Å². The molecule has 0 bridgehead atoms. The Bertz CT molecular complexity index is 438. The SMILES string of the molecule is CCOCCN(CCOCC)CCn1cc(N)ccc1=O. The van der Waals surface area contributed by atoms with Crippen LogP contribution in [0.25, 0.3) is 0 Å². The van der Waals surface area contributed by atoms with E-state index >= 15 is 0 Å². The molecule has 1 aromatic heterocycles. The van der Waals surface area contributed by atoms with Gasteiger partial charge in [0.1, 0.15) is 0 Å². The maximum atomic E-state index is 11.7. The maximum Gasteiger partial charge on any atom is 0.250 e. The molecule has 120 valence electrons. The molecule has 0 saturated heterocycles. The van der Waals surface area contributed by atoms with Gasteiger partial charge in [0, 0.05) is 57.3 Å². The maximum absolute atomic E-state index is 11.7. The zero-order valence-electron chi connectivity index (χ0n) is 13.1. The summed E-state index contributed by atoms with van der Waals surface area (Å²) in [5.41, 5.74) is 6.29. The average molecular weight is 297 g/mol. The van der Waals surface area contributed by atoms with E-state index in [0.717, 1.165) is 19.6 Å². The van der Waals surface area contributed by atoms with E-state index in [2.05, 4.69) is 4.90 Å². The van der Waals surface area contributed by atoms with E-state index in [1.165, 1.54) is 6.07 Å². The molecular formula is C15H27N3O3. The smallest absolute Gasteiger partial charge is 0.250 e. The summed E-state index contributed by atoms with van der Waals surface area (Å²) in [6, 6.07) is 3.13. The fourth-order valence-corrected chi connectivity index (χ4v) is 1.99. The molecule has 6 nitrogen and oxygen atoms in total. The molecule has 0 fully saturated rings. The van der Waals surface area contributed by atoms with Crippen molar-refractivity contribution in [1.82, 2.24) is 9.47 Å². The van der Waals surface area contributed by atoms with Crippen LogP contribution in [0.5, 0.6) is 0 Å². The predicted octanol–water partition coefficient (Wildman–Crippen LogP) is 0.806. The number of hydrogen-bond acceptors (Lipinski definition) is 5. The summed E-state index contributed by atoms with van der Waals surface area (Å²) in [4.78, 5) is 14.0. The Morgan fingerprint density at radius 1 is 1.10 bits per heavy atom. The van der Waals surface area contributed by atoms with Gasteiger partial charge in [-0.2, -0.15) is 0 Å². The van der Waals surface area contributed by atoms with Gasteiger partial charge in [0.15, 0.2) is 0 Å². The van der Waals surface area contributed by atoms with E-state index in [9.17, 15) is 4.79 Å². The lowest BCUT2D eigenvalue weighted by molar-refractivity contribution is 0.0812. The second kappa shape index (κ2) is 10.4. The summed E-state index contributed by atoms with van der Waals surface area (Å²) in [6.07, 6.45) is 1.69. The van der Waals surface area contributed by atoms with E-state index in [1.54, 1.807) is 16.8 Å². The monoisotopic (exact) mass is 297 g/mol. The van der Waals surface area contributed by atoms with Gasteiger partial charge in [0.25, 0.3) is 5.56 Å². The normalized spacial score (nSPS) is 11.2. The minimum atomic E-state index is -0.0289. The predicted molar refractivity (Wildman–Crippen MR) is 84.5 cm³/mol. The number of hydrogen-bond donors (Lipinski definition) is 1. The number of nitrogens with two attached hydrogens (primary N) is 1. The van der Waals surface area contributed by atoms with Gasteiger partial charge in [-0.15, -0.1) is 0 Å². The summed E-state index contributed by atoms with van der Waals surface area (Å²) in [7, 11) is 0. The second-order valence-electron chi connectivity index (χ2n) is 4.73. The lowest BCUT2D eigenvalue weighted by Gasteiger charge is -2.22. The van der Waals surface area contributed by atoms with Gasteiger partial charge < -0.3 is 19.8 Å². The molecular weight excluding hydrogens is 270 g/mol. The average Bonchev–Trinajstić information content (AvgIpc) is 2.47. The molecule has 21 heavy (non-hydrogen) atoms. The van der Waals surface area contributed by atoms with Crippen molar-refractivity contribution in [1.29, 1.82) is 0 Å². The lowest BCUT2D eigenvalue weighted by atomic mass is 10.4. The Morgan fingerprint density at radius 3 is 2.29 bits per heavy atom. The molecule has 0 spiro atoms. The van der Waals surface area contributed by atoms with Gasteiger partial charge in [-0.3, -0.25) is 9.69 Å². The van der Waals surface area contributed by atoms with Crippen molar-refractivity contribution < 1.29 is 9.47 Å². The zero-order chi connectivity index (χ0) is 15.5. The van der Waals surface area contributed by atoms with Crippen LogP contribution < -0.4 is 11.3 Å². The summed E-state index contributed by atoms with van der Waals surface area (Å²) in [6.45, 7) is 9.82. The molecule has 0 amide bonds. The third kappa shape index (κ3) is 7.27. The van der Waals surface area contributed by atoms with Crippen molar-refractivity contribution >= 4 is 5.69 Å². The lowest BCUT2D eigenvalue weighted by Crippen LogP contribution is -2.35. The number of anilines is 1. The highest BCUT2D eigenvalue weighted by Crippen LogP contribution is 1.97. The van der Waals surface area contributed by atoms with Crippen molar-refractivity contribution in [3.8, 4) is 0 Å². The number of rotatable bonds is 11. The van der Waals surface area contributed by atoms with Gasteiger partial charge in [-0.25, -0.2) is 0 Å². The fourth-order valence-electron chi connectivity index (χ4n) is 1.99. The highest BCUT2D eigenvalue weighted by Gasteiger charge is 2.06. The standard InChI is InChI=1S/C15H27N3O3/c1-3-20-11-9-17(10-12-21-4-2)7-8-18-13-14(16)5-6-15(18)19/h5-6,13H,3-4,7-12,16H2,1-2H3. The van der Waals surface area contributed by atoms with Crippen LogP contribution in [0.15, 0.2) is 23.1 Å². The minimum absolute atomic E-state index is 0.0289. The van der Waals surface area contributed by atoms with Crippen molar-refractivity contribution in [3.05, 3.63) is 28.7 Å². The summed E-state index contributed by atoms with van der Waals surface area (Å²) < 4.78 is 12.4. The molecule has 1 heterocycles. The van der Waals surface area contributed by atoms with Crippen LogP contribution in [0.3, 0.4) is 0 Å². The molecule has 0 unspecified atom stereocenters. The molecule has 1 aromatic rings. The van der Waals surface area contributed by atoms with E-state index < -0.39 is 0 Å². The molecule has 0 aromatic carbocycles. The van der Waals surface area contributed by atoms with Crippen LogP contribution in [0.4, 0.5) is 5.69 Å². The molecule has 0 radical (unpaired) electrons. The number of nitrogen functional groups attached to an aromatic ring is 1. The van der Waals surface area contributed by atoms with Gasteiger partial charge >= 0.3 is 0 Å². The van der Waals surface area contributed by atoms with Gasteiger partial charge in [-0.05, 0) is 19.9 Å². The first-order valence-corrected chi connectivity index (χ1v) is 7.51. The van der Waals surface area contributed by atoms with Gasteiger partial charge in [-0.1, -0.05) is 0 Å². The van der Waals surface area contributed by atoms with Gasteiger partial charge in [0.2, 0.25) is 0 Å². The van der Waals surface area contributed by atoms with Crippen LogP contribution in [0, 0.1) is 0 Å². The Morgan fingerprint density at radius 2 is 1.71 bits per heavy atom. The third-order valence-corrected chi connectivity index (χ3v) is 3.18.